The molecule has 150 valence electrons. The van der Waals surface area contributed by atoms with Crippen LogP contribution in [0.15, 0.2) is 60.9 Å². The number of nitrogens with zero attached hydrogens (tertiary/aromatic N) is 2. The van der Waals surface area contributed by atoms with Crippen LogP contribution in [0.2, 0.25) is 0 Å². The molecule has 3 aromatic rings. The Morgan fingerprint density at radius 1 is 1.17 bits per heavy atom. The first kappa shape index (κ1) is 20.1. The first-order chi connectivity index (χ1) is 14.0. The lowest BCUT2D eigenvalue weighted by Gasteiger charge is -2.19. The molecule has 0 radical (unpaired) electrons. The van der Waals surface area contributed by atoms with Gasteiger partial charge >= 0.3 is 0 Å². The normalized spacial score (nSPS) is 11.6. The fraction of sp³-hybridized carbons (Fsp3) is 0.227. The topological polar surface area (TPSA) is 85.2 Å². The van der Waals surface area contributed by atoms with Crippen molar-refractivity contribution in [3.63, 3.8) is 0 Å². The number of methoxy groups -OCH3 is 1. The van der Waals surface area contributed by atoms with Crippen LogP contribution < -0.4 is 15.4 Å². The molecule has 0 aliphatic heterocycles. The highest BCUT2D eigenvalue weighted by atomic mass is 16.5. The van der Waals surface area contributed by atoms with Crippen molar-refractivity contribution in [3.8, 4) is 5.75 Å². The lowest BCUT2D eigenvalue weighted by atomic mass is 10.1. The number of aromatic nitrogens is 2. The van der Waals surface area contributed by atoms with Crippen LogP contribution in [0.1, 0.15) is 33.4 Å². The third kappa shape index (κ3) is 5.01. The van der Waals surface area contributed by atoms with E-state index in [-0.39, 0.29) is 18.4 Å². The highest BCUT2D eigenvalue weighted by Gasteiger charge is 2.21. The number of aryl methyl sites for hydroxylation is 2. The largest absolute Gasteiger partial charge is 0.497 e. The maximum atomic E-state index is 12.6. The van der Waals surface area contributed by atoms with Crippen LogP contribution in [0, 0.1) is 6.92 Å². The van der Waals surface area contributed by atoms with Gasteiger partial charge in [0.15, 0.2) is 0 Å². The summed E-state index contributed by atoms with van der Waals surface area (Å²) in [7, 11) is 3.47. The molecule has 0 saturated heterocycles. The van der Waals surface area contributed by atoms with Crippen LogP contribution in [0.3, 0.4) is 0 Å². The maximum Gasteiger partial charge on any atom is 0.251 e. The predicted octanol–water partition coefficient (Wildman–Crippen LogP) is 2.37. The molecule has 0 bridgehead atoms. The number of rotatable bonds is 7. The summed E-state index contributed by atoms with van der Waals surface area (Å²) in [4.78, 5) is 29.2. The Hall–Kier alpha value is -3.61. The summed E-state index contributed by atoms with van der Waals surface area (Å²) in [6, 6.07) is 14.2. The molecule has 7 heteroatoms. The van der Waals surface area contributed by atoms with E-state index in [1.807, 2.05) is 61.1 Å². The number of nitrogens with one attached hydrogen (secondary N) is 2. The number of carbonyl (C=O) groups is 2. The molecule has 2 amide bonds. The molecule has 1 heterocycles. The molecule has 0 fully saturated rings. The van der Waals surface area contributed by atoms with Gasteiger partial charge in [0, 0.05) is 25.0 Å². The van der Waals surface area contributed by atoms with E-state index < -0.39 is 6.04 Å². The Morgan fingerprint density at radius 3 is 2.55 bits per heavy atom. The average molecular weight is 392 g/mol. The minimum atomic E-state index is -0.454. The average Bonchev–Trinajstić information content (AvgIpc) is 3.16. The molecular formula is C22H24N4O3. The van der Waals surface area contributed by atoms with Gasteiger partial charge in [-0.3, -0.25) is 9.59 Å². The zero-order valence-corrected chi connectivity index (χ0v) is 16.7. The van der Waals surface area contributed by atoms with E-state index >= 15 is 0 Å². The molecule has 0 aliphatic rings. The highest BCUT2D eigenvalue weighted by molar-refractivity contribution is 5.96. The molecule has 7 nitrogen and oxygen atoms in total. The molecule has 0 spiro atoms. The summed E-state index contributed by atoms with van der Waals surface area (Å²) in [6.45, 7) is 1.78. The molecule has 1 unspecified atom stereocenters. The molecular weight excluding hydrogens is 368 g/mol. The summed E-state index contributed by atoms with van der Waals surface area (Å²) in [5.41, 5.74) is 2.36. The van der Waals surface area contributed by atoms with Crippen LogP contribution in [0.4, 0.5) is 0 Å². The van der Waals surface area contributed by atoms with Crippen molar-refractivity contribution in [1.29, 1.82) is 0 Å². The van der Waals surface area contributed by atoms with E-state index in [1.165, 1.54) is 0 Å². The van der Waals surface area contributed by atoms with E-state index in [9.17, 15) is 9.59 Å². The first-order valence-corrected chi connectivity index (χ1v) is 9.23. The van der Waals surface area contributed by atoms with Gasteiger partial charge in [-0.2, -0.15) is 0 Å². The van der Waals surface area contributed by atoms with Crippen molar-refractivity contribution in [2.45, 2.75) is 13.0 Å². The summed E-state index contributed by atoms with van der Waals surface area (Å²) < 4.78 is 7.05. The van der Waals surface area contributed by atoms with Crippen molar-refractivity contribution in [3.05, 3.63) is 83.4 Å². The maximum absolute atomic E-state index is 12.6. The molecule has 2 aromatic carbocycles. The van der Waals surface area contributed by atoms with Crippen LogP contribution in [-0.4, -0.2) is 35.0 Å². The van der Waals surface area contributed by atoms with E-state index in [0.29, 0.717) is 11.4 Å². The lowest BCUT2D eigenvalue weighted by molar-refractivity contribution is -0.120. The Balaban J connectivity index is 1.71. The zero-order chi connectivity index (χ0) is 20.8. The van der Waals surface area contributed by atoms with E-state index in [0.717, 1.165) is 16.9 Å². The second-order valence-electron chi connectivity index (χ2n) is 6.72. The number of benzene rings is 2. The molecule has 29 heavy (non-hydrogen) atoms. The fourth-order valence-corrected chi connectivity index (χ4v) is 3.01. The lowest BCUT2D eigenvalue weighted by Crippen LogP contribution is -2.39. The minimum Gasteiger partial charge on any atom is -0.497 e. The first-order valence-electron chi connectivity index (χ1n) is 9.23. The second-order valence-corrected chi connectivity index (χ2v) is 6.72. The molecule has 1 aromatic heterocycles. The summed E-state index contributed by atoms with van der Waals surface area (Å²) in [5, 5.41) is 5.62. The fourth-order valence-electron chi connectivity index (χ4n) is 3.01. The van der Waals surface area contributed by atoms with E-state index in [2.05, 4.69) is 15.6 Å². The minimum absolute atomic E-state index is 0.135. The smallest absolute Gasteiger partial charge is 0.251 e. The Morgan fingerprint density at radius 2 is 1.93 bits per heavy atom. The Bertz CT molecular complexity index is 995. The van der Waals surface area contributed by atoms with Gasteiger partial charge < -0.3 is 19.9 Å². The number of hydrogen-bond acceptors (Lipinski definition) is 4. The highest BCUT2D eigenvalue weighted by Crippen LogP contribution is 2.22. The summed E-state index contributed by atoms with van der Waals surface area (Å²) >= 11 is 0. The SMILES string of the molecule is COc1ccc(C(NC(=O)CNC(=O)c2cccc(C)c2)c2nccn2C)cc1. The van der Waals surface area contributed by atoms with Gasteiger partial charge in [-0.1, -0.05) is 29.8 Å². The van der Waals surface area contributed by atoms with Crippen molar-refractivity contribution < 1.29 is 14.3 Å². The van der Waals surface area contributed by atoms with Crippen LogP contribution >= 0.6 is 0 Å². The Labute approximate surface area is 169 Å². The van der Waals surface area contributed by atoms with E-state index in [4.69, 9.17) is 4.74 Å². The van der Waals surface area contributed by atoms with Gasteiger partial charge in [0.25, 0.3) is 5.91 Å². The monoisotopic (exact) mass is 392 g/mol. The standard InChI is InChI=1S/C22H24N4O3/c1-15-5-4-6-17(13-15)22(28)24-14-19(27)25-20(21-23-11-12-26(21)2)16-7-9-18(29-3)10-8-16/h4-13,20H,14H2,1-3H3,(H,24,28)(H,25,27). The van der Waals surface area contributed by atoms with Gasteiger partial charge in [0.2, 0.25) is 5.91 Å². The molecule has 2 N–H and O–H groups in total. The van der Waals surface area contributed by atoms with Crippen molar-refractivity contribution in [2.24, 2.45) is 7.05 Å². The van der Waals surface area contributed by atoms with Gasteiger partial charge in [-0.25, -0.2) is 4.98 Å². The van der Waals surface area contributed by atoms with Gasteiger partial charge in [-0.05, 0) is 36.8 Å². The van der Waals surface area contributed by atoms with Crippen LogP contribution in [-0.2, 0) is 11.8 Å². The quantitative estimate of drug-likeness (QED) is 0.646. The number of hydrogen-bond donors (Lipinski definition) is 2. The Kier molecular flexibility index (Phi) is 6.29. The van der Waals surface area contributed by atoms with Crippen molar-refractivity contribution >= 4 is 11.8 Å². The molecule has 0 saturated carbocycles. The second kappa shape index (κ2) is 9.05. The summed E-state index contributed by atoms with van der Waals surface area (Å²) in [6.07, 6.45) is 3.50. The van der Waals surface area contributed by atoms with Gasteiger partial charge in [-0.15, -0.1) is 0 Å². The van der Waals surface area contributed by atoms with Gasteiger partial charge in [0.1, 0.15) is 17.6 Å². The third-order valence-electron chi connectivity index (χ3n) is 4.56. The number of amides is 2. The van der Waals surface area contributed by atoms with Crippen molar-refractivity contribution in [1.82, 2.24) is 20.2 Å². The van der Waals surface area contributed by atoms with Crippen molar-refractivity contribution in [2.75, 3.05) is 13.7 Å². The van der Waals surface area contributed by atoms with Crippen LogP contribution in [0.5, 0.6) is 5.75 Å². The predicted molar refractivity (Wildman–Crippen MR) is 110 cm³/mol. The van der Waals surface area contributed by atoms with E-state index in [1.54, 1.807) is 25.4 Å². The zero-order valence-electron chi connectivity index (χ0n) is 16.7. The number of imidazole rings is 1. The van der Waals surface area contributed by atoms with Crippen LogP contribution in [0.25, 0.3) is 0 Å². The molecule has 3 rings (SSSR count). The number of carbonyl (C=O) groups excluding carboxylic acids is 2. The summed E-state index contributed by atoms with van der Waals surface area (Å²) in [5.74, 6) is 0.814. The van der Waals surface area contributed by atoms with Gasteiger partial charge in [0.05, 0.1) is 13.7 Å². The third-order valence-corrected chi connectivity index (χ3v) is 4.56. The number of ether oxygens (including phenoxy) is 1. The molecule has 0 aliphatic carbocycles. The molecule has 1 atom stereocenters.